The summed E-state index contributed by atoms with van der Waals surface area (Å²) in [5.41, 5.74) is 4.27. The first kappa shape index (κ1) is 24.9. The number of fused-ring (bicyclic) bond motifs is 1. The maximum absolute atomic E-state index is 13.6. The van der Waals surface area contributed by atoms with Gasteiger partial charge in [0.25, 0.3) is 18.3 Å². The fourth-order valence-electron chi connectivity index (χ4n) is 5.81. The van der Waals surface area contributed by atoms with Gasteiger partial charge in [0.05, 0.1) is 12.2 Å². The van der Waals surface area contributed by atoms with E-state index in [4.69, 9.17) is 9.15 Å². The van der Waals surface area contributed by atoms with E-state index in [1.54, 1.807) is 18.2 Å². The molecule has 2 N–H and O–H groups in total. The number of hydrogen-bond acceptors (Lipinski definition) is 5. The molecular weight excluding hydrogens is 499 g/mol. The number of furan rings is 1. The summed E-state index contributed by atoms with van der Waals surface area (Å²) < 4.78 is 24.7. The fraction of sp³-hybridized carbons (Fsp3) is 0.258. The first-order chi connectivity index (χ1) is 18.9. The highest BCUT2D eigenvalue weighted by molar-refractivity contribution is 6.12. The number of rotatable bonds is 9. The Morgan fingerprint density at radius 2 is 1.82 bits per heavy atom. The topological polar surface area (TPSA) is 97.6 Å². The maximum atomic E-state index is 13.6. The quantitative estimate of drug-likeness (QED) is 0.229. The van der Waals surface area contributed by atoms with Gasteiger partial charge in [-0.25, -0.2) is 4.39 Å². The van der Waals surface area contributed by atoms with Crippen molar-refractivity contribution in [3.63, 3.8) is 0 Å². The van der Waals surface area contributed by atoms with Crippen molar-refractivity contribution in [3.05, 3.63) is 83.2 Å². The lowest BCUT2D eigenvalue weighted by atomic mass is 9.50. The Morgan fingerprint density at radius 1 is 1.05 bits per heavy atom. The third kappa shape index (κ3) is 4.46. The van der Waals surface area contributed by atoms with E-state index < -0.39 is 5.82 Å². The minimum atomic E-state index is -0.394. The van der Waals surface area contributed by atoms with Gasteiger partial charge in [-0.2, -0.15) is 0 Å². The largest absolute Gasteiger partial charge is 0.468 e. The Labute approximate surface area is 224 Å². The molecule has 39 heavy (non-hydrogen) atoms. The van der Waals surface area contributed by atoms with Crippen LogP contribution >= 0.6 is 0 Å². The van der Waals surface area contributed by atoms with Crippen molar-refractivity contribution in [2.24, 2.45) is 5.92 Å². The first-order valence-electron chi connectivity index (χ1n) is 13.0. The second-order valence-electron chi connectivity index (χ2n) is 10.4. The van der Waals surface area contributed by atoms with Gasteiger partial charge in [-0.1, -0.05) is 12.1 Å². The normalized spacial score (nSPS) is 19.1. The zero-order valence-electron chi connectivity index (χ0n) is 21.4. The van der Waals surface area contributed by atoms with E-state index in [0.717, 1.165) is 41.9 Å². The van der Waals surface area contributed by atoms with E-state index in [1.807, 2.05) is 30.3 Å². The van der Waals surface area contributed by atoms with Gasteiger partial charge in [-0.15, -0.1) is 0 Å². The summed E-state index contributed by atoms with van der Waals surface area (Å²) in [5, 5.41) is 6.45. The number of amides is 2. The molecule has 3 aliphatic carbocycles. The molecule has 1 aromatic heterocycles. The first-order valence-corrected chi connectivity index (χ1v) is 13.0. The van der Waals surface area contributed by atoms with Crippen LogP contribution < -0.4 is 10.6 Å². The molecule has 0 unspecified atom stereocenters. The van der Waals surface area contributed by atoms with Gasteiger partial charge in [0.1, 0.15) is 17.2 Å². The molecule has 4 aromatic rings. The summed E-state index contributed by atoms with van der Waals surface area (Å²) in [6.07, 6.45) is 3.55. The number of ether oxygens (including phenoxy) is 1. The van der Waals surface area contributed by atoms with Crippen LogP contribution in [0.4, 0.5) is 4.39 Å². The lowest BCUT2D eigenvalue weighted by molar-refractivity contribution is -0.128. The van der Waals surface area contributed by atoms with Gasteiger partial charge in [-0.05, 0) is 90.4 Å². The van der Waals surface area contributed by atoms with Crippen molar-refractivity contribution >= 4 is 29.3 Å². The van der Waals surface area contributed by atoms with Crippen LogP contribution in [0.15, 0.2) is 65.1 Å². The molecule has 3 aromatic carbocycles. The molecule has 0 atom stereocenters. The van der Waals surface area contributed by atoms with Crippen LogP contribution in [-0.2, 0) is 16.0 Å². The number of benzene rings is 3. The van der Waals surface area contributed by atoms with Gasteiger partial charge in [0.2, 0.25) is 0 Å². The lowest BCUT2D eigenvalue weighted by Crippen LogP contribution is -2.68. The summed E-state index contributed by atoms with van der Waals surface area (Å²) in [4.78, 5) is 36.9. The Hall–Kier alpha value is -4.46. The van der Waals surface area contributed by atoms with E-state index in [1.165, 1.54) is 19.2 Å². The third-order valence-corrected chi connectivity index (χ3v) is 7.88. The molecule has 7 rings (SSSR count). The van der Waals surface area contributed by atoms with E-state index in [0.29, 0.717) is 46.3 Å². The number of halogens is 1. The number of carbonyl (C=O) groups excluding carboxylic acids is 3. The van der Waals surface area contributed by atoms with Crippen LogP contribution in [0, 0.1) is 11.7 Å². The van der Waals surface area contributed by atoms with E-state index in [9.17, 15) is 18.8 Å². The van der Waals surface area contributed by atoms with Crippen molar-refractivity contribution in [1.82, 2.24) is 10.6 Å². The van der Waals surface area contributed by atoms with E-state index >= 15 is 0 Å². The predicted molar refractivity (Wildman–Crippen MR) is 144 cm³/mol. The summed E-state index contributed by atoms with van der Waals surface area (Å²) in [7, 11) is 1.54. The number of carbonyl (C=O) groups is 3. The monoisotopic (exact) mass is 526 g/mol. The molecule has 3 saturated carbocycles. The molecule has 0 saturated heterocycles. The SMILES string of the molecule is CNC(=O)c1c(-c2ccc(F)cc2)oc2cc(CCOC=O)c(-c3cccc(C(=O)NC45CC(C4)C5)c3)cc12. The zero-order valence-corrected chi connectivity index (χ0v) is 21.4. The summed E-state index contributed by atoms with van der Waals surface area (Å²) in [6.45, 7) is 0.553. The molecule has 0 spiro atoms. The van der Waals surface area contributed by atoms with Crippen molar-refractivity contribution in [2.45, 2.75) is 31.2 Å². The molecule has 3 fully saturated rings. The highest BCUT2D eigenvalue weighted by Crippen LogP contribution is 2.57. The minimum absolute atomic E-state index is 0.0377. The second kappa shape index (κ2) is 9.69. The minimum Gasteiger partial charge on any atom is -0.468 e. The molecule has 3 aliphatic rings. The van der Waals surface area contributed by atoms with Crippen LogP contribution in [0.5, 0.6) is 0 Å². The Morgan fingerprint density at radius 3 is 2.49 bits per heavy atom. The number of nitrogens with one attached hydrogen (secondary N) is 2. The highest BCUT2D eigenvalue weighted by atomic mass is 19.1. The highest BCUT2D eigenvalue weighted by Gasteiger charge is 2.57. The molecule has 2 bridgehead atoms. The van der Waals surface area contributed by atoms with Crippen molar-refractivity contribution < 1.29 is 27.9 Å². The van der Waals surface area contributed by atoms with Crippen LogP contribution in [0.1, 0.15) is 45.5 Å². The molecular formula is C31H27FN2O5. The van der Waals surface area contributed by atoms with Crippen molar-refractivity contribution in [1.29, 1.82) is 0 Å². The Balaban J connectivity index is 1.46. The fourth-order valence-corrected chi connectivity index (χ4v) is 5.81. The van der Waals surface area contributed by atoms with Gasteiger partial charge >= 0.3 is 0 Å². The standard InChI is InChI=1S/C31H27FN2O5/c1-33-30(37)27-25-13-24(20-3-2-4-22(11-20)29(36)34-31-14-18(15-31)16-31)21(9-10-38-17-35)12-26(25)39-28(27)19-5-7-23(32)8-6-19/h2-8,11-13,17-18H,9-10,14-16H2,1H3,(H,33,37)(H,34,36). The third-order valence-electron chi connectivity index (χ3n) is 7.88. The second-order valence-corrected chi connectivity index (χ2v) is 10.4. The predicted octanol–water partition coefficient (Wildman–Crippen LogP) is 5.26. The van der Waals surface area contributed by atoms with Crippen molar-refractivity contribution in [2.75, 3.05) is 13.7 Å². The lowest BCUT2D eigenvalue weighted by Gasteiger charge is -2.61. The number of hydrogen-bond donors (Lipinski definition) is 2. The summed E-state index contributed by atoms with van der Waals surface area (Å²) >= 11 is 0. The summed E-state index contributed by atoms with van der Waals surface area (Å²) in [6, 6.07) is 16.8. The molecule has 0 aliphatic heterocycles. The average Bonchev–Trinajstić information content (AvgIpc) is 3.28. The van der Waals surface area contributed by atoms with Crippen LogP contribution in [-0.4, -0.2) is 37.5 Å². The van der Waals surface area contributed by atoms with E-state index in [-0.39, 0.29) is 24.0 Å². The van der Waals surface area contributed by atoms with Gasteiger partial charge in [-0.3, -0.25) is 14.4 Å². The summed E-state index contributed by atoms with van der Waals surface area (Å²) in [5.74, 6) is 0.235. The van der Waals surface area contributed by atoms with Crippen molar-refractivity contribution in [3.8, 4) is 22.5 Å². The van der Waals surface area contributed by atoms with Crippen LogP contribution in [0.2, 0.25) is 0 Å². The zero-order chi connectivity index (χ0) is 27.1. The molecule has 8 heteroatoms. The van der Waals surface area contributed by atoms with E-state index in [2.05, 4.69) is 10.6 Å². The molecule has 1 heterocycles. The van der Waals surface area contributed by atoms with Crippen LogP contribution in [0.3, 0.4) is 0 Å². The molecule has 0 radical (unpaired) electrons. The Bertz CT molecular complexity index is 1590. The van der Waals surface area contributed by atoms with Gasteiger partial charge in [0, 0.05) is 35.5 Å². The maximum Gasteiger partial charge on any atom is 0.293 e. The van der Waals surface area contributed by atoms with Gasteiger partial charge in [0.15, 0.2) is 0 Å². The van der Waals surface area contributed by atoms with Crippen LogP contribution in [0.25, 0.3) is 33.4 Å². The molecule has 7 nitrogen and oxygen atoms in total. The molecule has 2 amide bonds. The molecule has 198 valence electrons. The smallest absolute Gasteiger partial charge is 0.293 e. The average molecular weight is 527 g/mol. The Kier molecular flexibility index (Phi) is 6.17. The van der Waals surface area contributed by atoms with Gasteiger partial charge < -0.3 is 19.8 Å².